The Morgan fingerprint density at radius 3 is 2.52 bits per heavy atom. The lowest BCUT2D eigenvalue weighted by molar-refractivity contribution is -0.112. The Morgan fingerprint density at radius 2 is 1.82 bits per heavy atom. The van der Waals surface area contributed by atoms with Crippen LogP contribution in [0.4, 0.5) is 5.00 Å². The van der Waals surface area contributed by atoms with Gasteiger partial charge in [-0.1, -0.05) is 42.5 Å². The Balaban J connectivity index is 1.47. The summed E-state index contributed by atoms with van der Waals surface area (Å²) in [6.07, 6.45) is 5.20. The number of nitrogens with one attached hydrogen (secondary N) is 1. The van der Waals surface area contributed by atoms with Crippen LogP contribution in [0.25, 0.3) is 6.08 Å². The maximum absolute atomic E-state index is 12.8. The van der Waals surface area contributed by atoms with E-state index in [0.717, 1.165) is 41.7 Å². The number of hydrogen-bond acceptors (Lipinski definition) is 5. The average molecular weight is 458 g/mol. The molecule has 3 N–H and O–H groups in total. The van der Waals surface area contributed by atoms with E-state index in [1.807, 2.05) is 36.4 Å². The highest BCUT2D eigenvalue weighted by atomic mass is 32.1. The Morgan fingerprint density at radius 1 is 1.09 bits per heavy atom. The Labute approximate surface area is 196 Å². The molecular weight excluding hydrogens is 434 g/mol. The molecule has 0 bridgehead atoms. The number of nitrogens with zero attached hydrogens (tertiary/aromatic N) is 1. The van der Waals surface area contributed by atoms with Crippen LogP contribution in [0.1, 0.15) is 44.8 Å². The molecule has 1 heterocycles. The quantitative estimate of drug-likeness (QED) is 0.391. The fourth-order valence-corrected chi connectivity index (χ4v) is 5.09. The fourth-order valence-electron chi connectivity index (χ4n) is 3.80. The number of carbonyl (C=O) groups excluding carboxylic acids is 2. The molecule has 3 aromatic rings. The first kappa shape index (κ1) is 22.3. The van der Waals surface area contributed by atoms with Crippen molar-refractivity contribution < 1.29 is 14.3 Å². The maximum atomic E-state index is 12.8. The second-order valence-corrected chi connectivity index (χ2v) is 8.85. The average Bonchev–Trinajstić information content (AvgIpc) is 3.20. The Hall–Kier alpha value is -3.89. The number of aryl methyl sites for hydroxylation is 1. The maximum Gasteiger partial charge on any atom is 0.266 e. The van der Waals surface area contributed by atoms with Crippen LogP contribution >= 0.6 is 11.3 Å². The van der Waals surface area contributed by atoms with Gasteiger partial charge in [0, 0.05) is 4.88 Å². The summed E-state index contributed by atoms with van der Waals surface area (Å²) in [5.41, 5.74) is 8.59. The van der Waals surface area contributed by atoms with Gasteiger partial charge in [-0.3, -0.25) is 9.59 Å². The zero-order valence-electron chi connectivity index (χ0n) is 18.0. The molecule has 0 aliphatic heterocycles. The van der Waals surface area contributed by atoms with E-state index in [-0.39, 0.29) is 5.57 Å². The highest BCUT2D eigenvalue weighted by Crippen LogP contribution is 2.38. The van der Waals surface area contributed by atoms with Gasteiger partial charge < -0.3 is 15.8 Å². The van der Waals surface area contributed by atoms with Gasteiger partial charge in [0.05, 0.1) is 5.56 Å². The predicted molar refractivity (Wildman–Crippen MR) is 129 cm³/mol. The van der Waals surface area contributed by atoms with Gasteiger partial charge in [-0.25, -0.2) is 0 Å². The molecule has 6 nitrogen and oxygen atoms in total. The lowest BCUT2D eigenvalue weighted by Gasteiger charge is -2.11. The van der Waals surface area contributed by atoms with Gasteiger partial charge in [0.15, 0.2) is 0 Å². The molecule has 0 fully saturated rings. The standard InChI is InChI=1S/C26H23N3O3S/c27-15-19(14-17-10-12-20(13-11-17)32-16-18-6-2-1-3-7-18)25(31)29-26-23(24(28)30)21-8-4-5-9-22(21)33-26/h1-3,6-7,10-14H,4-5,8-9,16H2,(H2,28,30)(H,29,31). The number of ether oxygens (including phenoxy) is 1. The van der Waals surface area contributed by atoms with Crippen LogP contribution in [0.5, 0.6) is 5.75 Å². The second kappa shape index (κ2) is 10.2. The Kier molecular flexibility index (Phi) is 6.86. The molecule has 7 heteroatoms. The monoisotopic (exact) mass is 457 g/mol. The van der Waals surface area contributed by atoms with E-state index in [9.17, 15) is 14.9 Å². The van der Waals surface area contributed by atoms with Gasteiger partial charge in [-0.15, -0.1) is 11.3 Å². The van der Waals surface area contributed by atoms with Crippen molar-refractivity contribution in [3.05, 3.63) is 87.3 Å². The summed E-state index contributed by atoms with van der Waals surface area (Å²) in [4.78, 5) is 25.9. The lowest BCUT2D eigenvalue weighted by Crippen LogP contribution is -2.19. The molecule has 0 unspecified atom stereocenters. The summed E-state index contributed by atoms with van der Waals surface area (Å²) >= 11 is 1.37. The molecule has 1 aromatic heterocycles. The minimum absolute atomic E-state index is 0.0604. The number of benzene rings is 2. The van der Waals surface area contributed by atoms with E-state index in [0.29, 0.717) is 28.5 Å². The number of anilines is 1. The number of amides is 2. The van der Waals surface area contributed by atoms with Crippen molar-refractivity contribution in [2.24, 2.45) is 5.73 Å². The van der Waals surface area contributed by atoms with E-state index in [4.69, 9.17) is 10.5 Å². The molecule has 0 saturated carbocycles. The summed E-state index contributed by atoms with van der Waals surface area (Å²) in [6, 6.07) is 18.9. The SMILES string of the molecule is N#CC(=Cc1ccc(OCc2ccccc2)cc1)C(=O)Nc1sc2c(c1C(N)=O)CCCC2. The predicted octanol–water partition coefficient (Wildman–Crippen LogP) is 4.85. The first-order valence-corrected chi connectivity index (χ1v) is 11.5. The number of thiophene rings is 1. The smallest absolute Gasteiger partial charge is 0.266 e. The fraction of sp³-hybridized carbons (Fsp3) is 0.192. The largest absolute Gasteiger partial charge is 0.489 e. The van der Waals surface area contributed by atoms with Crippen molar-refractivity contribution in [3.63, 3.8) is 0 Å². The summed E-state index contributed by atoms with van der Waals surface area (Å²) in [7, 11) is 0. The molecule has 0 saturated heterocycles. The van der Waals surface area contributed by atoms with Crippen molar-refractivity contribution in [3.8, 4) is 11.8 Å². The molecule has 1 aliphatic carbocycles. The molecule has 0 atom stereocenters. The van der Waals surface area contributed by atoms with Gasteiger partial charge in [0.1, 0.15) is 29.0 Å². The molecule has 1 aliphatic rings. The van der Waals surface area contributed by atoms with Crippen LogP contribution in [-0.4, -0.2) is 11.8 Å². The van der Waals surface area contributed by atoms with Crippen LogP contribution in [0, 0.1) is 11.3 Å². The number of carbonyl (C=O) groups is 2. The first-order valence-electron chi connectivity index (χ1n) is 10.7. The summed E-state index contributed by atoms with van der Waals surface area (Å²) in [6.45, 7) is 0.453. The number of hydrogen-bond donors (Lipinski definition) is 2. The zero-order valence-corrected chi connectivity index (χ0v) is 18.8. The van der Waals surface area contributed by atoms with Crippen molar-refractivity contribution >= 4 is 34.2 Å². The number of nitriles is 1. The molecule has 33 heavy (non-hydrogen) atoms. The summed E-state index contributed by atoms with van der Waals surface area (Å²) in [5.74, 6) is -0.435. The Bertz CT molecular complexity index is 1240. The van der Waals surface area contributed by atoms with Crippen molar-refractivity contribution in [2.75, 3.05) is 5.32 Å². The van der Waals surface area contributed by atoms with E-state index in [2.05, 4.69) is 5.32 Å². The van der Waals surface area contributed by atoms with Gasteiger partial charge in [0.2, 0.25) is 0 Å². The first-order chi connectivity index (χ1) is 16.0. The third kappa shape index (κ3) is 5.30. The summed E-state index contributed by atoms with van der Waals surface area (Å²) < 4.78 is 5.77. The number of rotatable bonds is 7. The van der Waals surface area contributed by atoms with Crippen LogP contribution < -0.4 is 15.8 Å². The molecule has 4 rings (SSSR count). The minimum atomic E-state index is -0.567. The van der Waals surface area contributed by atoms with Gasteiger partial charge in [0.25, 0.3) is 11.8 Å². The normalized spacial score (nSPS) is 13.0. The lowest BCUT2D eigenvalue weighted by atomic mass is 9.95. The van der Waals surface area contributed by atoms with Crippen LogP contribution in [-0.2, 0) is 24.2 Å². The van der Waals surface area contributed by atoms with Crippen molar-refractivity contribution in [1.82, 2.24) is 0 Å². The number of primary amides is 1. The molecule has 0 spiro atoms. The van der Waals surface area contributed by atoms with Gasteiger partial charge in [-0.05, 0) is 60.6 Å². The van der Waals surface area contributed by atoms with Crippen LogP contribution in [0.3, 0.4) is 0 Å². The molecular formula is C26H23N3O3S. The van der Waals surface area contributed by atoms with E-state index >= 15 is 0 Å². The number of fused-ring (bicyclic) bond motifs is 1. The third-order valence-corrected chi connectivity index (χ3v) is 6.66. The van der Waals surface area contributed by atoms with Crippen molar-refractivity contribution in [2.45, 2.75) is 32.3 Å². The topological polar surface area (TPSA) is 105 Å². The minimum Gasteiger partial charge on any atom is -0.489 e. The molecule has 0 radical (unpaired) electrons. The van der Waals surface area contributed by atoms with Gasteiger partial charge >= 0.3 is 0 Å². The zero-order chi connectivity index (χ0) is 23.2. The molecule has 166 valence electrons. The highest BCUT2D eigenvalue weighted by molar-refractivity contribution is 7.17. The summed E-state index contributed by atoms with van der Waals surface area (Å²) in [5, 5.41) is 12.7. The van der Waals surface area contributed by atoms with E-state index in [1.165, 1.54) is 17.4 Å². The van der Waals surface area contributed by atoms with E-state index in [1.54, 1.807) is 24.3 Å². The molecule has 2 aromatic carbocycles. The second-order valence-electron chi connectivity index (χ2n) is 7.75. The van der Waals surface area contributed by atoms with Crippen LogP contribution in [0.2, 0.25) is 0 Å². The third-order valence-electron chi connectivity index (χ3n) is 5.45. The molecule has 2 amide bonds. The van der Waals surface area contributed by atoms with E-state index < -0.39 is 11.8 Å². The number of nitrogens with two attached hydrogens (primary N) is 1. The van der Waals surface area contributed by atoms with Crippen molar-refractivity contribution in [1.29, 1.82) is 5.26 Å². The highest BCUT2D eigenvalue weighted by Gasteiger charge is 2.25. The van der Waals surface area contributed by atoms with Crippen LogP contribution in [0.15, 0.2) is 60.2 Å². The van der Waals surface area contributed by atoms with Gasteiger partial charge in [-0.2, -0.15) is 5.26 Å².